The van der Waals surface area contributed by atoms with Crippen LogP contribution in [0.1, 0.15) is 5.69 Å². The van der Waals surface area contributed by atoms with Crippen molar-refractivity contribution in [1.82, 2.24) is 5.16 Å². The molecule has 0 aliphatic heterocycles. The first-order chi connectivity index (χ1) is 9.72. The van der Waals surface area contributed by atoms with Crippen LogP contribution in [-0.2, 0) is 5.75 Å². The fourth-order valence-corrected chi connectivity index (χ4v) is 3.40. The third-order valence-corrected chi connectivity index (χ3v) is 4.92. The normalized spacial score (nSPS) is 10.8. The number of hydrogen-bond donors (Lipinski definition) is 1. The first-order valence-corrected chi connectivity index (χ1v) is 8.14. The van der Waals surface area contributed by atoms with Gasteiger partial charge in [-0.1, -0.05) is 22.8 Å². The van der Waals surface area contributed by atoms with Crippen molar-refractivity contribution in [2.24, 2.45) is 0 Å². The van der Waals surface area contributed by atoms with E-state index in [4.69, 9.17) is 21.9 Å². The largest absolute Gasteiger partial charge is 0.398 e. The molecule has 2 aromatic heterocycles. The lowest BCUT2D eigenvalue weighted by Crippen LogP contribution is -1.86. The third kappa shape index (κ3) is 3.00. The van der Waals surface area contributed by atoms with Crippen LogP contribution in [0.2, 0.25) is 5.02 Å². The zero-order valence-electron chi connectivity index (χ0n) is 10.4. The molecular formula is C14H11ClN2OS2. The molecule has 0 aliphatic rings. The summed E-state index contributed by atoms with van der Waals surface area (Å²) in [6.45, 7) is 0. The van der Waals surface area contributed by atoms with E-state index in [1.54, 1.807) is 23.1 Å². The van der Waals surface area contributed by atoms with Crippen LogP contribution in [0.4, 0.5) is 5.69 Å². The highest BCUT2D eigenvalue weighted by Crippen LogP contribution is 2.30. The number of anilines is 1. The minimum Gasteiger partial charge on any atom is -0.398 e. The van der Waals surface area contributed by atoms with E-state index in [0.717, 1.165) is 27.0 Å². The van der Waals surface area contributed by atoms with Gasteiger partial charge in [-0.3, -0.25) is 0 Å². The van der Waals surface area contributed by atoms with E-state index < -0.39 is 0 Å². The number of thiophene rings is 1. The summed E-state index contributed by atoms with van der Waals surface area (Å²) in [5, 5.41) is 6.68. The summed E-state index contributed by atoms with van der Waals surface area (Å²) < 4.78 is 5.34. The van der Waals surface area contributed by atoms with Gasteiger partial charge in [-0.25, -0.2) is 0 Å². The van der Waals surface area contributed by atoms with E-state index in [1.165, 1.54) is 0 Å². The summed E-state index contributed by atoms with van der Waals surface area (Å²) in [7, 11) is 0. The van der Waals surface area contributed by atoms with Crippen molar-refractivity contribution in [2.75, 3.05) is 5.73 Å². The lowest BCUT2D eigenvalue weighted by Gasteiger charge is -2.02. The van der Waals surface area contributed by atoms with Gasteiger partial charge >= 0.3 is 0 Å². The molecule has 0 saturated carbocycles. The van der Waals surface area contributed by atoms with Crippen LogP contribution in [0.5, 0.6) is 0 Å². The molecule has 102 valence electrons. The number of thioether (sulfide) groups is 1. The lowest BCUT2D eigenvalue weighted by molar-refractivity contribution is 0.427. The molecule has 3 rings (SSSR count). The van der Waals surface area contributed by atoms with Gasteiger partial charge in [0.25, 0.3) is 0 Å². The number of rotatable bonds is 4. The van der Waals surface area contributed by atoms with Crippen molar-refractivity contribution in [3.8, 4) is 10.6 Å². The first-order valence-electron chi connectivity index (χ1n) is 5.89. The van der Waals surface area contributed by atoms with E-state index in [9.17, 15) is 0 Å². The molecule has 1 aromatic carbocycles. The summed E-state index contributed by atoms with van der Waals surface area (Å²) in [5.74, 6) is 1.54. The van der Waals surface area contributed by atoms with Crippen LogP contribution >= 0.6 is 34.7 Å². The smallest absolute Gasteiger partial charge is 0.177 e. The van der Waals surface area contributed by atoms with Crippen molar-refractivity contribution >= 4 is 40.4 Å². The Morgan fingerprint density at radius 1 is 1.30 bits per heavy atom. The van der Waals surface area contributed by atoms with Gasteiger partial charge in [0, 0.05) is 16.7 Å². The maximum atomic E-state index is 6.00. The molecule has 0 amide bonds. The van der Waals surface area contributed by atoms with Crippen LogP contribution in [-0.4, -0.2) is 5.16 Å². The molecule has 0 radical (unpaired) electrons. The molecule has 2 heterocycles. The molecule has 3 aromatic rings. The predicted molar refractivity (Wildman–Crippen MR) is 85.2 cm³/mol. The van der Waals surface area contributed by atoms with Crippen LogP contribution in [0, 0.1) is 0 Å². The van der Waals surface area contributed by atoms with Gasteiger partial charge in [-0.05, 0) is 29.6 Å². The van der Waals surface area contributed by atoms with E-state index in [0.29, 0.717) is 10.7 Å². The molecule has 2 N–H and O–H groups in total. The van der Waals surface area contributed by atoms with Gasteiger partial charge in [-0.2, -0.15) is 0 Å². The Morgan fingerprint density at radius 2 is 2.20 bits per heavy atom. The Balaban J connectivity index is 1.68. The number of nitrogens with zero attached hydrogens (tertiary/aromatic N) is 1. The predicted octanol–water partition coefficient (Wildman–Crippen LogP) is 4.93. The van der Waals surface area contributed by atoms with Gasteiger partial charge in [0.2, 0.25) is 0 Å². The second-order valence-electron chi connectivity index (χ2n) is 4.13. The molecule has 0 unspecified atom stereocenters. The van der Waals surface area contributed by atoms with Crippen LogP contribution in [0.3, 0.4) is 0 Å². The molecule has 0 atom stereocenters. The third-order valence-electron chi connectivity index (χ3n) is 2.68. The van der Waals surface area contributed by atoms with Gasteiger partial charge in [-0.15, -0.1) is 23.1 Å². The van der Waals surface area contributed by atoms with Crippen LogP contribution in [0.15, 0.2) is 51.2 Å². The van der Waals surface area contributed by atoms with Crippen LogP contribution < -0.4 is 5.73 Å². The molecule has 20 heavy (non-hydrogen) atoms. The Labute approximate surface area is 129 Å². The molecule has 0 saturated heterocycles. The molecular weight excluding hydrogens is 312 g/mol. The highest BCUT2D eigenvalue weighted by Gasteiger charge is 2.08. The minimum absolute atomic E-state index is 0.578. The number of nitrogens with two attached hydrogens (primary N) is 1. The average molecular weight is 323 g/mol. The molecule has 0 spiro atoms. The number of nitrogen functional groups attached to an aromatic ring is 1. The van der Waals surface area contributed by atoms with Gasteiger partial charge in [0.15, 0.2) is 5.76 Å². The summed E-state index contributed by atoms with van der Waals surface area (Å²) in [6, 6.07) is 11.6. The summed E-state index contributed by atoms with van der Waals surface area (Å²) in [6.07, 6.45) is 0. The monoisotopic (exact) mass is 322 g/mol. The zero-order chi connectivity index (χ0) is 13.9. The van der Waals surface area contributed by atoms with E-state index in [1.807, 2.05) is 41.8 Å². The first kappa shape index (κ1) is 13.5. The Bertz CT molecular complexity index is 710. The highest BCUT2D eigenvalue weighted by atomic mass is 35.5. The van der Waals surface area contributed by atoms with Crippen molar-refractivity contribution in [3.05, 3.63) is 52.5 Å². The fourth-order valence-electron chi connectivity index (χ4n) is 1.67. The standard InChI is InChI=1S/C14H11ClN2OS2/c15-11-7-10(3-4-12(11)16)20-8-9-6-13(18-17-9)14-2-1-5-19-14/h1-7H,8,16H2. The molecule has 0 aliphatic carbocycles. The average Bonchev–Trinajstić information content (AvgIpc) is 3.09. The van der Waals surface area contributed by atoms with E-state index in [-0.39, 0.29) is 0 Å². The van der Waals surface area contributed by atoms with Gasteiger partial charge < -0.3 is 10.3 Å². The Morgan fingerprint density at radius 3 is 2.95 bits per heavy atom. The lowest BCUT2D eigenvalue weighted by atomic mass is 10.3. The Kier molecular flexibility index (Phi) is 4.00. The number of benzene rings is 1. The molecule has 6 heteroatoms. The van der Waals surface area contributed by atoms with Gasteiger partial charge in [0.05, 0.1) is 21.3 Å². The topological polar surface area (TPSA) is 52.0 Å². The SMILES string of the molecule is Nc1ccc(SCc2cc(-c3cccs3)on2)cc1Cl. The number of hydrogen-bond acceptors (Lipinski definition) is 5. The van der Waals surface area contributed by atoms with Crippen molar-refractivity contribution in [1.29, 1.82) is 0 Å². The minimum atomic E-state index is 0.578. The summed E-state index contributed by atoms with van der Waals surface area (Å²) in [5.41, 5.74) is 7.19. The fraction of sp³-hybridized carbons (Fsp3) is 0.0714. The number of aromatic nitrogens is 1. The molecule has 0 bridgehead atoms. The molecule has 3 nitrogen and oxygen atoms in total. The van der Waals surface area contributed by atoms with E-state index >= 15 is 0 Å². The highest BCUT2D eigenvalue weighted by molar-refractivity contribution is 7.98. The summed E-state index contributed by atoms with van der Waals surface area (Å²) >= 11 is 9.28. The van der Waals surface area contributed by atoms with E-state index in [2.05, 4.69) is 5.16 Å². The second kappa shape index (κ2) is 5.91. The maximum absolute atomic E-state index is 6.00. The molecule has 0 fully saturated rings. The van der Waals surface area contributed by atoms with Crippen molar-refractivity contribution < 1.29 is 4.52 Å². The van der Waals surface area contributed by atoms with Crippen LogP contribution in [0.25, 0.3) is 10.6 Å². The zero-order valence-corrected chi connectivity index (χ0v) is 12.8. The Hall–Kier alpha value is -1.43. The number of halogens is 1. The van der Waals surface area contributed by atoms with Crippen molar-refractivity contribution in [2.45, 2.75) is 10.6 Å². The second-order valence-corrected chi connectivity index (χ2v) is 6.54. The van der Waals surface area contributed by atoms with Gasteiger partial charge in [0.1, 0.15) is 0 Å². The van der Waals surface area contributed by atoms with Crippen molar-refractivity contribution in [3.63, 3.8) is 0 Å². The summed E-state index contributed by atoms with van der Waals surface area (Å²) in [4.78, 5) is 2.15. The maximum Gasteiger partial charge on any atom is 0.177 e. The quantitative estimate of drug-likeness (QED) is 0.546.